The van der Waals surface area contributed by atoms with E-state index in [0.29, 0.717) is 28.4 Å². The number of aliphatic imine (C=N–C) groups is 1. The number of hydrazone groups is 1. The zero-order valence-corrected chi connectivity index (χ0v) is 22.0. The molecule has 9 heteroatoms. The fraction of sp³-hybridized carbons (Fsp3) is 0.103. The van der Waals surface area contributed by atoms with Gasteiger partial charge in [0.25, 0.3) is 5.91 Å². The molecular weight excluding hydrogens is 518 g/mol. The van der Waals surface area contributed by atoms with Crippen molar-refractivity contribution in [3.8, 4) is 5.75 Å². The van der Waals surface area contributed by atoms with Gasteiger partial charge in [0, 0.05) is 28.2 Å². The first-order valence-electron chi connectivity index (χ1n) is 12.0. The van der Waals surface area contributed by atoms with Crippen molar-refractivity contribution in [3.05, 3.63) is 106 Å². The summed E-state index contributed by atoms with van der Waals surface area (Å²) in [5, 5.41) is 17.2. The summed E-state index contributed by atoms with van der Waals surface area (Å²) in [5.41, 5.74) is 3.94. The Balaban J connectivity index is 1.28. The first kappa shape index (κ1) is 24.2. The molecule has 6 rings (SSSR count). The Kier molecular flexibility index (Phi) is 6.35. The molecule has 4 aromatic rings. The predicted molar refractivity (Wildman–Crippen MR) is 154 cm³/mol. The van der Waals surface area contributed by atoms with Crippen LogP contribution in [-0.2, 0) is 11.3 Å². The monoisotopic (exact) mass is 539 g/mol. The number of hydrogen-bond donors (Lipinski definition) is 1. The maximum atomic E-state index is 13.0. The van der Waals surface area contributed by atoms with E-state index < -0.39 is 5.91 Å². The highest BCUT2D eigenvalue weighted by atomic mass is 35.5. The number of fused-ring (bicyclic) bond motifs is 2. The number of nitrogens with zero attached hydrogens (tertiary/aromatic N) is 4. The van der Waals surface area contributed by atoms with Crippen LogP contribution >= 0.6 is 23.4 Å². The predicted octanol–water partition coefficient (Wildman–Crippen LogP) is 6.35. The van der Waals surface area contributed by atoms with Crippen LogP contribution in [0.15, 0.2) is 94.7 Å². The zero-order valence-electron chi connectivity index (χ0n) is 20.4. The third-order valence-electron chi connectivity index (χ3n) is 6.30. The molecule has 2 aliphatic rings. The Morgan fingerprint density at radius 2 is 1.82 bits per heavy atom. The van der Waals surface area contributed by atoms with E-state index in [0.717, 1.165) is 27.8 Å². The number of benzene rings is 3. The molecule has 7 nitrogen and oxygen atoms in total. The van der Waals surface area contributed by atoms with Gasteiger partial charge < -0.3 is 9.30 Å². The second kappa shape index (κ2) is 9.96. The molecule has 3 aromatic carbocycles. The van der Waals surface area contributed by atoms with Crippen molar-refractivity contribution in [2.24, 2.45) is 10.1 Å². The normalized spacial score (nSPS) is 16.2. The second-order valence-electron chi connectivity index (χ2n) is 8.86. The van der Waals surface area contributed by atoms with Gasteiger partial charge in [-0.2, -0.15) is 15.1 Å². The number of amides is 1. The summed E-state index contributed by atoms with van der Waals surface area (Å²) in [6, 6.07) is 23.3. The number of hydrogen-bond acceptors (Lipinski definition) is 5. The lowest BCUT2D eigenvalue weighted by molar-refractivity contribution is -0.114. The quantitative estimate of drug-likeness (QED) is 0.289. The largest absolute Gasteiger partial charge is 0.492 e. The number of ether oxygens (including phenoxy) is 1. The van der Waals surface area contributed by atoms with E-state index >= 15 is 0 Å². The average Bonchev–Trinajstić information content (AvgIpc) is 3.50. The molecule has 0 bridgehead atoms. The van der Waals surface area contributed by atoms with Gasteiger partial charge >= 0.3 is 0 Å². The number of aryl methyl sites for hydroxylation is 1. The number of aromatic nitrogens is 1. The summed E-state index contributed by atoms with van der Waals surface area (Å²) in [6.45, 7) is 3.16. The summed E-state index contributed by atoms with van der Waals surface area (Å²) in [6.07, 6.45) is 3.70. The maximum Gasteiger partial charge on any atom is 0.283 e. The van der Waals surface area contributed by atoms with Crippen LogP contribution in [0.5, 0.6) is 5.75 Å². The molecule has 0 atom stereocenters. The number of para-hydroxylation sites is 1. The molecule has 1 amide bonds. The van der Waals surface area contributed by atoms with Crippen molar-refractivity contribution >= 4 is 62.3 Å². The highest BCUT2D eigenvalue weighted by molar-refractivity contribution is 8.27. The van der Waals surface area contributed by atoms with Crippen LogP contribution in [0.25, 0.3) is 17.0 Å². The molecular formula is C29H22ClN5O2S. The Bertz CT molecular complexity index is 1690. The summed E-state index contributed by atoms with van der Waals surface area (Å²) < 4.78 is 8.03. The zero-order chi connectivity index (χ0) is 26.2. The van der Waals surface area contributed by atoms with Crippen molar-refractivity contribution in [1.82, 2.24) is 9.58 Å². The minimum Gasteiger partial charge on any atom is -0.492 e. The number of thioether (sulfide) groups is 1. The number of amidine groups is 2. The molecule has 188 valence electrons. The minimum atomic E-state index is -0.469. The molecule has 38 heavy (non-hydrogen) atoms. The molecule has 2 aliphatic heterocycles. The fourth-order valence-electron chi connectivity index (χ4n) is 4.36. The third kappa shape index (κ3) is 4.53. The molecule has 0 saturated heterocycles. The Labute approximate surface area is 228 Å². The van der Waals surface area contributed by atoms with E-state index in [2.05, 4.69) is 14.7 Å². The lowest BCUT2D eigenvalue weighted by Crippen LogP contribution is -2.35. The molecule has 3 heterocycles. The van der Waals surface area contributed by atoms with Gasteiger partial charge in [-0.15, -0.1) is 0 Å². The lowest BCUT2D eigenvalue weighted by atomic mass is 10.1. The van der Waals surface area contributed by atoms with Crippen molar-refractivity contribution in [1.29, 1.82) is 5.41 Å². The SMILES string of the molecule is Cc1ccc(OCCn2cc(/C=C3/C(=N)N4N=C(c5ccccc5Cl)SC4=NC3=O)c3ccccc32)cc1. The number of carbonyl (C=O) groups is 1. The average molecular weight is 540 g/mol. The van der Waals surface area contributed by atoms with Crippen LogP contribution in [0, 0.1) is 12.3 Å². The summed E-state index contributed by atoms with van der Waals surface area (Å²) in [5.74, 6) is 0.336. The Hall–Kier alpha value is -4.14. The van der Waals surface area contributed by atoms with Crippen LogP contribution in [0.3, 0.4) is 0 Å². The van der Waals surface area contributed by atoms with Crippen LogP contribution in [0.2, 0.25) is 5.02 Å². The van der Waals surface area contributed by atoms with E-state index in [1.807, 2.05) is 79.9 Å². The Morgan fingerprint density at radius 3 is 2.63 bits per heavy atom. The van der Waals surface area contributed by atoms with E-state index in [1.54, 1.807) is 12.1 Å². The van der Waals surface area contributed by atoms with Gasteiger partial charge in [-0.1, -0.05) is 65.7 Å². The molecule has 0 spiro atoms. The number of halogens is 1. The number of nitrogens with one attached hydrogen (secondary N) is 1. The van der Waals surface area contributed by atoms with Crippen LogP contribution < -0.4 is 4.74 Å². The molecule has 0 radical (unpaired) electrons. The number of rotatable bonds is 6. The van der Waals surface area contributed by atoms with Crippen LogP contribution in [0.4, 0.5) is 0 Å². The van der Waals surface area contributed by atoms with Gasteiger partial charge in [-0.05, 0) is 49.0 Å². The number of carbonyl (C=O) groups excluding carboxylic acids is 1. The minimum absolute atomic E-state index is 0.0194. The molecule has 0 aliphatic carbocycles. The summed E-state index contributed by atoms with van der Waals surface area (Å²) in [4.78, 5) is 17.2. The standard InChI is InChI=1S/C29H22ClN5O2S/c1-18-10-12-20(13-11-18)37-15-14-34-17-19(21-6-3-5-9-25(21)34)16-23-26(31)35-29(32-27(23)36)38-28(33-35)22-7-2-4-8-24(22)30/h2-13,16-17,31H,14-15H2,1H3/b23-16-,31-26?. The maximum absolute atomic E-state index is 13.0. The topological polar surface area (TPSA) is 83.0 Å². The van der Waals surface area contributed by atoms with E-state index in [9.17, 15) is 4.79 Å². The molecule has 0 unspecified atom stereocenters. The van der Waals surface area contributed by atoms with Crippen molar-refractivity contribution < 1.29 is 9.53 Å². The molecule has 0 fully saturated rings. The van der Waals surface area contributed by atoms with Crippen LogP contribution in [-0.4, -0.2) is 38.1 Å². The van der Waals surface area contributed by atoms with Crippen molar-refractivity contribution in [3.63, 3.8) is 0 Å². The molecule has 1 aromatic heterocycles. The Morgan fingerprint density at radius 1 is 1.05 bits per heavy atom. The van der Waals surface area contributed by atoms with Crippen molar-refractivity contribution in [2.75, 3.05) is 6.61 Å². The fourth-order valence-corrected chi connectivity index (χ4v) is 5.57. The second-order valence-corrected chi connectivity index (χ2v) is 10.2. The molecule has 0 saturated carbocycles. The highest BCUT2D eigenvalue weighted by Crippen LogP contribution is 2.33. The highest BCUT2D eigenvalue weighted by Gasteiger charge is 2.36. The first-order chi connectivity index (χ1) is 18.5. The van der Waals surface area contributed by atoms with Gasteiger partial charge in [-0.3, -0.25) is 10.2 Å². The smallest absolute Gasteiger partial charge is 0.283 e. The van der Waals surface area contributed by atoms with Crippen molar-refractivity contribution in [2.45, 2.75) is 13.5 Å². The van der Waals surface area contributed by atoms with Gasteiger partial charge in [0.2, 0.25) is 5.17 Å². The van der Waals surface area contributed by atoms with Crippen LogP contribution in [0.1, 0.15) is 16.7 Å². The van der Waals surface area contributed by atoms with E-state index in [1.165, 1.54) is 22.3 Å². The van der Waals surface area contributed by atoms with Gasteiger partial charge in [0.1, 0.15) is 17.4 Å². The van der Waals surface area contributed by atoms with Gasteiger partial charge in [0.05, 0.1) is 17.1 Å². The summed E-state index contributed by atoms with van der Waals surface area (Å²) in [7, 11) is 0. The van der Waals surface area contributed by atoms with E-state index in [-0.39, 0.29) is 11.4 Å². The first-order valence-corrected chi connectivity index (χ1v) is 13.2. The van der Waals surface area contributed by atoms with Gasteiger partial charge in [-0.25, -0.2) is 0 Å². The third-order valence-corrected chi connectivity index (χ3v) is 7.57. The van der Waals surface area contributed by atoms with E-state index in [4.69, 9.17) is 21.7 Å². The molecule has 1 N–H and O–H groups in total. The van der Waals surface area contributed by atoms with Gasteiger partial charge in [0.15, 0.2) is 5.84 Å². The lowest BCUT2D eigenvalue weighted by Gasteiger charge is -2.20. The summed E-state index contributed by atoms with van der Waals surface area (Å²) >= 11 is 7.57.